The zero-order valence-corrected chi connectivity index (χ0v) is 17.1. The lowest BCUT2D eigenvalue weighted by molar-refractivity contribution is 0.0696. The Kier molecular flexibility index (Phi) is 5.76. The van der Waals surface area contributed by atoms with Crippen molar-refractivity contribution in [2.24, 2.45) is 0 Å². The zero-order valence-electron chi connectivity index (χ0n) is 17.1. The van der Waals surface area contributed by atoms with Crippen LogP contribution >= 0.6 is 0 Å². The Labute approximate surface area is 174 Å². The van der Waals surface area contributed by atoms with Gasteiger partial charge in [-0.25, -0.2) is 9.78 Å². The highest BCUT2D eigenvalue weighted by Gasteiger charge is 2.15. The molecule has 8 heteroatoms. The second-order valence-corrected chi connectivity index (χ2v) is 7.41. The van der Waals surface area contributed by atoms with Crippen molar-refractivity contribution in [2.75, 3.05) is 18.7 Å². The smallest absolute Gasteiger partial charge is 0.335 e. The van der Waals surface area contributed by atoms with Gasteiger partial charge in [-0.1, -0.05) is 6.07 Å². The van der Waals surface area contributed by atoms with Crippen molar-refractivity contribution in [3.8, 4) is 11.5 Å². The SMILES string of the molecule is CC(C)OCCCn1c(NCc2ccc3c(c2)OCO3)nc2cc(C(=O)O)ccc21. The van der Waals surface area contributed by atoms with E-state index in [0.29, 0.717) is 31.2 Å². The fourth-order valence-corrected chi connectivity index (χ4v) is 3.40. The number of hydrogen-bond acceptors (Lipinski definition) is 6. The molecule has 0 aliphatic carbocycles. The summed E-state index contributed by atoms with van der Waals surface area (Å²) in [5.74, 6) is 1.21. The van der Waals surface area contributed by atoms with Gasteiger partial charge in [0.2, 0.25) is 12.7 Å². The first-order chi connectivity index (χ1) is 14.5. The fraction of sp³-hybridized carbons (Fsp3) is 0.364. The van der Waals surface area contributed by atoms with Crippen molar-refractivity contribution in [3.05, 3.63) is 47.5 Å². The Morgan fingerprint density at radius 3 is 2.87 bits per heavy atom. The third kappa shape index (κ3) is 4.33. The maximum atomic E-state index is 11.3. The Hall–Kier alpha value is -3.26. The summed E-state index contributed by atoms with van der Waals surface area (Å²) in [5.41, 5.74) is 2.79. The highest BCUT2D eigenvalue weighted by atomic mass is 16.7. The van der Waals surface area contributed by atoms with E-state index in [0.717, 1.165) is 29.0 Å². The second kappa shape index (κ2) is 8.62. The van der Waals surface area contributed by atoms with Crippen LogP contribution in [-0.2, 0) is 17.8 Å². The summed E-state index contributed by atoms with van der Waals surface area (Å²) < 4.78 is 18.5. The summed E-state index contributed by atoms with van der Waals surface area (Å²) in [6.07, 6.45) is 1.01. The first-order valence-electron chi connectivity index (χ1n) is 9.99. The number of fused-ring (bicyclic) bond motifs is 2. The number of aryl methyl sites for hydroxylation is 1. The molecule has 158 valence electrons. The molecule has 3 aromatic rings. The molecule has 0 saturated carbocycles. The van der Waals surface area contributed by atoms with Crippen molar-refractivity contribution < 1.29 is 24.1 Å². The Balaban J connectivity index is 1.56. The van der Waals surface area contributed by atoms with E-state index in [-0.39, 0.29) is 18.5 Å². The van der Waals surface area contributed by atoms with E-state index in [1.165, 1.54) is 0 Å². The number of carboxylic acids is 1. The van der Waals surface area contributed by atoms with E-state index in [4.69, 9.17) is 14.2 Å². The molecule has 4 rings (SSSR count). The van der Waals surface area contributed by atoms with Crippen molar-refractivity contribution >= 4 is 23.0 Å². The van der Waals surface area contributed by atoms with E-state index >= 15 is 0 Å². The molecule has 2 N–H and O–H groups in total. The third-order valence-electron chi connectivity index (χ3n) is 4.86. The summed E-state index contributed by atoms with van der Waals surface area (Å²) in [7, 11) is 0. The van der Waals surface area contributed by atoms with Crippen LogP contribution in [0.2, 0.25) is 0 Å². The fourth-order valence-electron chi connectivity index (χ4n) is 3.40. The summed E-state index contributed by atoms with van der Waals surface area (Å²) in [6.45, 7) is 6.17. The Bertz CT molecular complexity index is 1060. The van der Waals surface area contributed by atoms with E-state index < -0.39 is 5.97 Å². The van der Waals surface area contributed by atoms with Crippen LogP contribution < -0.4 is 14.8 Å². The molecule has 0 spiro atoms. The van der Waals surface area contributed by atoms with E-state index in [2.05, 4.69) is 14.9 Å². The number of anilines is 1. The minimum absolute atomic E-state index is 0.186. The maximum absolute atomic E-state index is 11.3. The standard InChI is InChI=1S/C22H25N3O5/c1-14(2)28-9-3-8-25-18-6-5-16(21(26)27)11-17(18)24-22(25)23-12-15-4-7-19-20(10-15)30-13-29-19/h4-7,10-11,14H,3,8-9,12-13H2,1-2H3,(H,23,24)(H,26,27). The highest BCUT2D eigenvalue weighted by molar-refractivity contribution is 5.93. The van der Waals surface area contributed by atoms with Crippen LogP contribution in [-0.4, -0.2) is 40.1 Å². The van der Waals surface area contributed by atoms with E-state index in [9.17, 15) is 9.90 Å². The monoisotopic (exact) mass is 411 g/mol. The molecular formula is C22H25N3O5. The van der Waals surface area contributed by atoms with Gasteiger partial charge in [-0.15, -0.1) is 0 Å². The molecule has 0 radical (unpaired) electrons. The molecule has 0 fully saturated rings. The van der Waals surface area contributed by atoms with Crippen LogP contribution in [0.1, 0.15) is 36.2 Å². The minimum Gasteiger partial charge on any atom is -0.478 e. The van der Waals surface area contributed by atoms with Gasteiger partial charge < -0.3 is 29.2 Å². The van der Waals surface area contributed by atoms with Crippen LogP contribution in [0.25, 0.3) is 11.0 Å². The molecule has 0 saturated heterocycles. The molecule has 30 heavy (non-hydrogen) atoms. The van der Waals surface area contributed by atoms with Crippen LogP contribution in [0.5, 0.6) is 11.5 Å². The van der Waals surface area contributed by atoms with Crippen molar-refractivity contribution in [1.82, 2.24) is 9.55 Å². The topological polar surface area (TPSA) is 94.8 Å². The van der Waals surface area contributed by atoms with Crippen molar-refractivity contribution in [3.63, 3.8) is 0 Å². The van der Waals surface area contributed by atoms with Crippen molar-refractivity contribution in [2.45, 2.75) is 39.5 Å². The van der Waals surface area contributed by atoms with Gasteiger partial charge in [-0.3, -0.25) is 0 Å². The average Bonchev–Trinajstić information content (AvgIpc) is 3.32. The molecule has 0 bridgehead atoms. The number of carbonyl (C=O) groups is 1. The van der Waals surface area contributed by atoms with E-state index in [1.54, 1.807) is 18.2 Å². The van der Waals surface area contributed by atoms with Gasteiger partial charge in [-0.05, 0) is 56.2 Å². The maximum Gasteiger partial charge on any atom is 0.335 e. The van der Waals surface area contributed by atoms with Crippen LogP contribution in [0.3, 0.4) is 0 Å². The number of nitrogens with one attached hydrogen (secondary N) is 1. The lowest BCUT2D eigenvalue weighted by atomic mass is 10.2. The Morgan fingerprint density at radius 1 is 1.23 bits per heavy atom. The summed E-state index contributed by atoms with van der Waals surface area (Å²) in [6, 6.07) is 10.8. The van der Waals surface area contributed by atoms with Crippen LogP contribution in [0, 0.1) is 0 Å². The normalized spacial score (nSPS) is 12.6. The lowest BCUT2D eigenvalue weighted by Gasteiger charge is -2.12. The van der Waals surface area contributed by atoms with Gasteiger partial charge >= 0.3 is 5.97 Å². The third-order valence-corrected chi connectivity index (χ3v) is 4.86. The molecule has 0 unspecified atom stereocenters. The highest BCUT2D eigenvalue weighted by Crippen LogP contribution is 2.32. The quantitative estimate of drug-likeness (QED) is 0.516. The van der Waals surface area contributed by atoms with Gasteiger partial charge in [0, 0.05) is 19.7 Å². The molecule has 1 aliphatic rings. The summed E-state index contributed by atoms with van der Waals surface area (Å²) >= 11 is 0. The molecule has 8 nitrogen and oxygen atoms in total. The predicted octanol–water partition coefficient (Wildman–Crippen LogP) is 3.89. The molecule has 1 aliphatic heterocycles. The number of benzene rings is 2. The first kappa shape index (κ1) is 20.0. The summed E-state index contributed by atoms with van der Waals surface area (Å²) in [4.78, 5) is 16.0. The number of aromatic carboxylic acids is 1. The number of aromatic nitrogens is 2. The van der Waals surface area contributed by atoms with Gasteiger partial charge in [0.1, 0.15) is 0 Å². The second-order valence-electron chi connectivity index (χ2n) is 7.41. The number of imidazole rings is 1. The number of ether oxygens (including phenoxy) is 3. The Morgan fingerprint density at radius 2 is 2.07 bits per heavy atom. The summed E-state index contributed by atoms with van der Waals surface area (Å²) in [5, 5.41) is 12.7. The molecule has 2 heterocycles. The van der Waals surface area contributed by atoms with Crippen molar-refractivity contribution in [1.29, 1.82) is 0 Å². The lowest BCUT2D eigenvalue weighted by Crippen LogP contribution is -2.11. The average molecular weight is 411 g/mol. The zero-order chi connectivity index (χ0) is 21.1. The van der Waals surface area contributed by atoms with Gasteiger partial charge in [-0.2, -0.15) is 0 Å². The molecule has 2 aromatic carbocycles. The molecule has 0 atom stereocenters. The van der Waals surface area contributed by atoms with E-state index in [1.807, 2.05) is 32.0 Å². The molecule has 0 amide bonds. The van der Waals surface area contributed by atoms with Crippen LogP contribution in [0.4, 0.5) is 5.95 Å². The number of hydrogen-bond donors (Lipinski definition) is 2. The molecular weight excluding hydrogens is 386 g/mol. The number of carboxylic acid groups (broad SMARTS) is 1. The number of rotatable bonds is 9. The molecule has 1 aromatic heterocycles. The van der Waals surface area contributed by atoms with Gasteiger partial charge in [0.25, 0.3) is 0 Å². The van der Waals surface area contributed by atoms with Gasteiger partial charge in [0.15, 0.2) is 11.5 Å². The van der Waals surface area contributed by atoms with Crippen LogP contribution in [0.15, 0.2) is 36.4 Å². The predicted molar refractivity (Wildman–Crippen MR) is 112 cm³/mol. The first-order valence-corrected chi connectivity index (χ1v) is 9.99. The minimum atomic E-state index is -0.966. The largest absolute Gasteiger partial charge is 0.478 e. The van der Waals surface area contributed by atoms with Gasteiger partial charge in [0.05, 0.1) is 22.7 Å². The number of nitrogens with zero attached hydrogens (tertiary/aromatic N) is 2.